The largest absolute Gasteiger partial charge is 0.504 e. The van der Waals surface area contributed by atoms with Gasteiger partial charge >= 0.3 is 0 Å². The zero-order valence-electron chi connectivity index (χ0n) is 13.2. The third kappa shape index (κ3) is 2.88. The van der Waals surface area contributed by atoms with Crippen molar-refractivity contribution < 1.29 is 19.4 Å². The van der Waals surface area contributed by atoms with Crippen LogP contribution in [0.1, 0.15) is 42.6 Å². The van der Waals surface area contributed by atoms with Crippen molar-refractivity contribution in [3.63, 3.8) is 0 Å². The van der Waals surface area contributed by atoms with Crippen molar-refractivity contribution in [2.24, 2.45) is 0 Å². The number of hydrogen-bond donors (Lipinski definition) is 3. The number of fused-ring (bicyclic) bond motifs is 1. The maximum atomic E-state index is 12.4. The van der Waals surface area contributed by atoms with Crippen molar-refractivity contribution in [1.29, 1.82) is 0 Å². The minimum Gasteiger partial charge on any atom is -0.504 e. The molecule has 6 nitrogen and oxygen atoms in total. The van der Waals surface area contributed by atoms with Crippen LogP contribution in [0.25, 0.3) is 0 Å². The number of rotatable bonds is 2. The van der Waals surface area contributed by atoms with Crippen LogP contribution >= 0.6 is 0 Å². The number of hydrogen-bond acceptors (Lipinski definition) is 4. The van der Waals surface area contributed by atoms with Crippen LogP contribution in [-0.2, 0) is 11.2 Å². The van der Waals surface area contributed by atoms with Crippen molar-refractivity contribution in [2.75, 3.05) is 0 Å². The van der Waals surface area contributed by atoms with Crippen LogP contribution in [0.15, 0.2) is 24.4 Å². The zero-order valence-corrected chi connectivity index (χ0v) is 13.2. The van der Waals surface area contributed by atoms with Gasteiger partial charge < -0.3 is 20.5 Å². The number of aromatic hydroxyl groups is 1. The number of amides is 2. The first-order chi connectivity index (χ1) is 10.8. The molecule has 23 heavy (non-hydrogen) atoms. The van der Waals surface area contributed by atoms with Gasteiger partial charge in [-0.05, 0) is 32.8 Å². The van der Waals surface area contributed by atoms with E-state index in [0.717, 1.165) is 5.56 Å². The molecule has 1 aromatic rings. The van der Waals surface area contributed by atoms with E-state index in [1.165, 1.54) is 0 Å². The molecule has 0 saturated carbocycles. The Balaban J connectivity index is 1.79. The molecular weight excluding hydrogens is 296 g/mol. The van der Waals surface area contributed by atoms with E-state index in [9.17, 15) is 14.7 Å². The minimum absolute atomic E-state index is 0.110. The topological polar surface area (TPSA) is 87.7 Å². The summed E-state index contributed by atoms with van der Waals surface area (Å²) >= 11 is 0. The Hall–Kier alpha value is -2.50. The van der Waals surface area contributed by atoms with Crippen LogP contribution in [0, 0.1) is 0 Å². The molecule has 1 fully saturated rings. The van der Waals surface area contributed by atoms with Crippen molar-refractivity contribution in [2.45, 2.75) is 44.8 Å². The van der Waals surface area contributed by atoms with E-state index < -0.39 is 17.6 Å². The lowest BCUT2D eigenvalue weighted by molar-refractivity contribution is -0.123. The Morgan fingerprint density at radius 3 is 2.91 bits per heavy atom. The van der Waals surface area contributed by atoms with Gasteiger partial charge in [0.05, 0.1) is 5.56 Å². The van der Waals surface area contributed by atoms with Gasteiger partial charge in [-0.3, -0.25) is 9.59 Å². The normalized spacial score (nSPS) is 22.1. The number of nitrogens with one attached hydrogen (secondary N) is 2. The van der Waals surface area contributed by atoms with Gasteiger partial charge in [-0.2, -0.15) is 0 Å². The van der Waals surface area contributed by atoms with E-state index in [-0.39, 0.29) is 17.2 Å². The molecular formula is C17H20N2O4. The van der Waals surface area contributed by atoms with E-state index in [4.69, 9.17) is 4.74 Å². The van der Waals surface area contributed by atoms with E-state index in [0.29, 0.717) is 30.7 Å². The van der Waals surface area contributed by atoms with Crippen molar-refractivity contribution >= 4 is 11.8 Å². The van der Waals surface area contributed by atoms with Crippen LogP contribution in [0.5, 0.6) is 11.5 Å². The highest BCUT2D eigenvalue weighted by Gasteiger charge is 2.34. The fourth-order valence-corrected chi connectivity index (χ4v) is 2.97. The molecule has 1 aromatic carbocycles. The SMILES string of the molecule is C=C1CCC(NC(=O)c2ccc3c(c2O)OC(C)(C)C3)C(=O)N1. The van der Waals surface area contributed by atoms with Gasteiger partial charge in [0.2, 0.25) is 5.91 Å². The number of phenolic OH excluding ortho intramolecular Hbond substituents is 1. The highest BCUT2D eigenvalue weighted by molar-refractivity contribution is 6.00. The quantitative estimate of drug-likeness (QED) is 0.774. The lowest BCUT2D eigenvalue weighted by Crippen LogP contribution is -2.49. The molecule has 2 aliphatic heterocycles. The molecule has 2 aliphatic rings. The van der Waals surface area contributed by atoms with Gasteiger partial charge in [0, 0.05) is 17.7 Å². The smallest absolute Gasteiger partial charge is 0.255 e. The second-order valence-electron chi connectivity index (χ2n) is 6.65. The van der Waals surface area contributed by atoms with Crippen molar-refractivity contribution in [3.05, 3.63) is 35.5 Å². The van der Waals surface area contributed by atoms with Crippen LogP contribution in [0.3, 0.4) is 0 Å². The molecule has 0 bridgehead atoms. The average Bonchev–Trinajstić information content (AvgIpc) is 2.77. The van der Waals surface area contributed by atoms with Crippen molar-refractivity contribution in [3.8, 4) is 11.5 Å². The summed E-state index contributed by atoms with van der Waals surface area (Å²) in [7, 11) is 0. The number of carbonyl (C=O) groups excluding carboxylic acids is 2. The third-order valence-electron chi connectivity index (χ3n) is 4.11. The van der Waals surface area contributed by atoms with Gasteiger partial charge in [-0.1, -0.05) is 12.6 Å². The van der Waals surface area contributed by atoms with Crippen LogP contribution in [-0.4, -0.2) is 28.6 Å². The van der Waals surface area contributed by atoms with Gasteiger partial charge in [0.1, 0.15) is 11.6 Å². The van der Waals surface area contributed by atoms with Crippen molar-refractivity contribution in [1.82, 2.24) is 10.6 Å². The third-order valence-corrected chi connectivity index (χ3v) is 4.11. The molecule has 0 spiro atoms. The lowest BCUT2D eigenvalue weighted by atomic mass is 10.00. The fraction of sp³-hybridized carbons (Fsp3) is 0.412. The molecule has 1 atom stereocenters. The average molecular weight is 316 g/mol. The first kappa shape index (κ1) is 15.4. The molecule has 0 radical (unpaired) electrons. The molecule has 3 rings (SSSR count). The second kappa shape index (κ2) is 5.30. The first-order valence-corrected chi connectivity index (χ1v) is 7.60. The van der Waals surface area contributed by atoms with Gasteiger partial charge in [-0.15, -0.1) is 0 Å². The monoisotopic (exact) mass is 316 g/mol. The molecule has 2 amide bonds. The predicted molar refractivity (Wildman–Crippen MR) is 84.3 cm³/mol. The summed E-state index contributed by atoms with van der Waals surface area (Å²) in [6, 6.07) is 2.72. The highest BCUT2D eigenvalue weighted by atomic mass is 16.5. The number of carbonyl (C=O) groups is 2. The van der Waals surface area contributed by atoms with E-state index in [1.54, 1.807) is 12.1 Å². The fourth-order valence-electron chi connectivity index (χ4n) is 2.97. The maximum Gasteiger partial charge on any atom is 0.255 e. The number of ether oxygens (including phenoxy) is 1. The lowest BCUT2D eigenvalue weighted by Gasteiger charge is -2.24. The molecule has 3 N–H and O–H groups in total. The Kier molecular flexibility index (Phi) is 3.55. The number of allylic oxidation sites excluding steroid dienone is 1. The Labute approximate surface area is 134 Å². The minimum atomic E-state index is -0.627. The summed E-state index contributed by atoms with van der Waals surface area (Å²) in [4.78, 5) is 24.2. The summed E-state index contributed by atoms with van der Waals surface area (Å²) in [6.07, 6.45) is 1.78. The Morgan fingerprint density at radius 2 is 2.22 bits per heavy atom. The zero-order chi connectivity index (χ0) is 16.8. The van der Waals surface area contributed by atoms with E-state index in [1.807, 2.05) is 13.8 Å². The molecule has 2 heterocycles. The first-order valence-electron chi connectivity index (χ1n) is 7.60. The molecule has 122 valence electrons. The second-order valence-corrected chi connectivity index (χ2v) is 6.65. The van der Waals surface area contributed by atoms with Crippen LogP contribution < -0.4 is 15.4 Å². The molecule has 0 aliphatic carbocycles. The number of piperidine rings is 1. The molecule has 0 aromatic heterocycles. The number of benzene rings is 1. The van der Waals surface area contributed by atoms with E-state index in [2.05, 4.69) is 17.2 Å². The number of phenols is 1. The summed E-state index contributed by atoms with van der Waals surface area (Å²) < 4.78 is 5.72. The summed E-state index contributed by atoms with van der Waals surface area (Å²) in [6.45, 7) is 7.55. The summed E-state index contributed by atoms with van der Waals surface area (Å²) in [5.41, 5.74) is 1.23. The summed E-state index contributed by atoms with van der Waals surface area (Å²) in [5, 5.41) is 15.6. The van der Waals surface area contributed by atoms with Gasteiger partial charge in [0.25, 0.3) is 5.91 Å². The molecule has 1 unspecified atom stereocenters. The highest BCUT2D eigenvalue weighted by Crippen LogP contribution is 2.43. The summed E-state index contributed by atoms with van der Waals surface area (Å²) in [5.74, 6) is -0.603. The van der Waals surface area contributed by atoms with Gasteiger partial charge in [-0.25, -0.2) is 0 Å². The van der Waals surface area contributed by atoms with Crippen LogP contribution in [0.2, 0.25) is 0 Å². The molecule has 1 saturated heterocycles. The Morgan fingerprint density at radius 1 is 1.48 bits per heavy atom. The van der Waals surface area contributed by atoms with Crippen LogP contribution in [0.4, 0.5) is 0 Å². The predicted octanol–water partition coefficient (Wildman–Crippen LogP) is 1.63. The van der Waals surface area contributed by atoms with Gasteiger partial charge in [0.15, 0.2) is 11.5 Å². The maximum absolute atomic E-state index is 12.4. The Bertz CT molecular complexity index is 709. The molecule has 6 heteroatoms. The standard InChI is InChI=1S/C17H20N2O4/c1-9-4-7-12(16(22)18-9)19-15(21)11-6-5-10-8-17(2,3)23-14(10)13(11)20/h5-6,12,20H,1,4,7-8H2,2-3H3,(H,18,22)(H,19,21). The van der Waals surface area contributed by atoms with E-state index >= 15 is 0 Å².